The van der Waals surface area contributed by atoms with E-state index in [1.165, 1.54) is 24.3 Å². The number of nitrogens with two attached hydrogens (primary N) is 2. The van der Waals surface area contributed by atoms with Crippen molar-refractivity contribution in [3.8, 4) is 0 Å². The first-order valence-electron chi connectivity index (χ1n) is 9.41. The fourth-order valence-corrected chi connectivity index (χ4v) is 3.45. The summed E-state index contributed by atoms with van der Waals surface area (Å²) < 4.78 is 33.3. The Labute approximate surface area is 189 Å². The second-order valence-electron chi connectivity index (χ2n) is 7.09. The Hall–Kier alpha value is -4.16. The molecule has 3 aromatic rings. The molecule has 170 valence electrons. The van der Waals surface area contributed by atoms with Gasteiger partial charge in [0.05, 0.1) is 28.3 Å². The average Bonchev–Trinajstić information content (AvgIpc) is 2.74. The lowest BCUT2D eigenvalue weighted by Crippen LogP contribution is -2.05. The van der Waals surface area contributed by atoms with Gasteiger partial charge >= 0.3 is 5.97 Å². The van der Waals surface area contributed by atoms with E-state index in [0.717, 1.165) is 17.2 Å². The molecule has 3 rings (SSSR count). The number of aromatic carboxylic acids is 1. The summed E-state index contributed by atoms with van der Waals surface area (Å²) in [5.41, 5.74) is 13.5. The number of benzene rings is 3. The van der Waals surface area contributed by atoms with E-state index in [4.69, 9.17) is 16.6 Å². The Bertz CT molecular complexity index is 1420. The van der Waals surface area contributed by atoms with Crippen LogP contribution in [0.4, 0.5) is 34.1 Å². The van der Waals surface area contributed by atoms with Gasteiger partial charge in [-0.05, 0) is 55.3 Å². The summed E-state index contributed by atoms with van der Waals surface area (Å²) in [5.74, 6) is -1.15. The summed E-state index contributed by atoms with van der Waals surface area (Å²) in [7, 11) is -4.76. The lowest BCUT2D eigenvalue weighted by molar-refractivity contribution is 0.0697. The van der Waals surface area contributed by atoms with Crippen LogP contribution in [0, 0.1) is 13.8 Å². The Morgan fingerprint density at radius 1 is 0.879 bits per heavy atom. The molecule has 3 aromatic carbocycles. The van der Waals surface area contributed by atoms with Crippen LogP contribution in [0.1, 0.15) is 21.5 Å². The molecule has 0 atom stereocenters. The van der Waals surface area contributed by atoms with Gasteiger partial charge in [-0.2, -0.15) is 18.6 Å². The molecule has 0 spiro atoms. The van der Waals surface area contributed by atoms with Crippen molar-refractivity contribution < 1.29 is 22.9 Å². The molecule has 6 N–H and O–H groups in total. The Kier molecular flexibility index (Phi) is 6.51. The summed E-state index contributed by atoms with van der Waals surface area (Å²) in [6.45, 7) is 3.69. The second-order valence-corrected chi connectivity index (χ2v) is 8.48. The van der Waals surface area contributed by atoms with Gasteiger partial charge in [-0.3, -0.25) is 4.55 Å². The molecule has 11 nitrogen and oxygen atoms in total. The highest BCUT2D eigenvalue weighted by Gasteiger charge is 2.22. The number of nitrogens with zero attached hydrogens (tertiary/aromatic N) is 4. The highest BCUT2D eigenvalue weighted by molar-refractivity contribution is 7.86. The molecule has 0 aliphatic rings. The van der Waals surface area contributed by atoms with Gasteiger partial charge in [-0.15, -0.1) is 10.2 Å². The number of nitrogen functional groups attached to an aromatic ring is 2. The second kappa shape index (κ2) is 9.14. The fourth-order valence-electron chi connectivity index (χ4n) is 2.81. The zero-order valence-electron chi connectivity index (χ0n) is 17.6. The lowest BCUT2D eigenvalue weighted by Gasteiger charge is -2.10. The predicted octanol–water partition coefficient (Wildman–Crippen LogP) is 5.24. The van der Waals surface area contributed by atoms with Crippen molar-refractivity contribution in [3.63, 3.8) is 0 Å². The van der Waals surface area contributed by atoms with Crippen LogP contribution in [0.3, 0.4) is 0 Å². The molecule has 0 aliphatic heterocycles. The third-order valence-electron chi connectivity index (χ3n) is 4.59. The summed E-state index contributed by atoms with van der Waals surface area (Å²) in [4.78, 5) is 10.5. The summed E-state index contributed by atoms with van der Waals surface area (Å²) in [5, 5.41) is 25.1. The topological polar surface area (TPSA) is 193 Å². The SMILES string of the molecule is Cc1ccc(C)c(N=Nc2c(N)c(N=Nc3cccc(C(=O)O)c3)cc(S(=O)(=O)O)c2N)c1. The predicted molar refractivity (Wildman–Crippen MR) is 123 cm³/mol. The number of anilines is 2. The van der Waals surface area contributed by atoms with Crippen LogP contribution in [-0.4, -0.2) is 24.0 Å². The van der Waals surface area contributed by atoms with Gasteiger partial charge in [0.2, 0.25) is 0 Å². The van der Waals surface area contributed by atoms with Gasteiger partial charge in [0, 0.05) is 0 Å². The van der Waals surface area contributed by atoms with Crippen molar-refractivity contribution in [2.24, 2.45) is 20.5 Å². The maximum Gasteiger partial charge on any atom is 0.335 e. The molecule has 0 aromatic heterocycles. The molecule has 0 heterocycles. The quantitative estimate of drug-likeness (QED) is 0.215. The van der Waals surface area contributed by atoms with E-state index < -0.39 is 26.7 Å². The van der Waals surface area contributed by atoms with Crippen LogP contribution >= 0.6 is 0 Å². The fraction of sp³-hybridized carbons (Fsp3) is 0.0952. The minimum Gasteiger partial charge on any atom is -0.478 e. The van der Waals surface area contributed by atoms with Crippen LogP contribution in [0.2, 0.25) is 0 Å². The molecular formula is C21H20N6O5S. The van der Waals surface area contributed by atoms with E-state index in [1.54, 1.807) is 6.07 Å². The van der Waals surface area contributed by atoms with Crippen LogP contribution in [0.25, 0.3) is 0 Å². The number of rotatable bonds is 6. The van der Waals surface area contributed by atoms with E-state index in [0.29, 0.717) is 5.69 Å². The zero-order valence-corrected chi connectivity index (χ0v) is 18.4. The van der Waals surface area contributed by atoms with Crippen molar-refractivity contribution in [1.82, 2.24) is 0 Å². The third kappa shape index (κ3) is 5.37. The van der Waals surface area contributed by atoms with E-state index in [2.05, 4.69) is 20.5 Å². The zero-order chi connectivity index (χ0) is 24.3. The standard InChI is InChI=1S/C21H20N6O5S/c1-11-6-7-12(2)15(8-11)25-27-20-18(22)16(10-17(19(20)23)33(30,31)32)26-24-14-5-3-4-13(9-14)21(28)29/h3-10H,22-23H2,1-2H3,(H,28,29)(H,30,31,32). The molecule has 0 amide bonds. The van der Waals surface area contributed by atoms with Gasteiger partial charge in [0.25, 0.3) is 10.1 Å². The number of hydrogen-bond acceptors (Lipinski definition) is 9. The molecule has 0 unspecified atom stereocenters. The highest BCUT2D eigenvalue weighted by Crippen LogP contribution is 2.43. The minimum atomic E-state index is -4.76. The highest BCUT2D eigenvalue weighted by atomic mass is 32.2. The first-order chi connectivity index (χ1) is 15.5. The van der Waals surface area contributed by atoms with Gasteiger partial charge in [-0.1, -0.05) is 18.2 Å². The van der Waals surface area contributed by atoms with Crippen LogP contribution in [0.15, 0.2) is 73.9 Å². The van der Waals surface area contributed by atoms with Crippen molar-refractivity contribution >= 4 is 50.2 Å². The van der Waals surface area contributed by atoms with Gasteiger partial charge in [0.15, 0.2) is 0 Å². The molecule has 33 heavy (non-hydrogen) atoms. The molecule has 12 heteroatoms. The number of carbonyl (C=O) groups is 1. The van der Waals surface area contributed by atoms with Gasteiger partial charge in [0.1, 0.15) is 16.3 Å². The maximum atomic E-state index is 11.9. The summed E-state index contributed by atoms with van der Waals surface area (Å²) in [6.07, 6.45) is 0. The van der Waals surface area contributed by atoms with Crippen LogP contribution < -0.4 is 11.5 Å². The first kappa shape index (κ1) is 23.5. The molecular weight excluding hydrogens is 448 g/mol. The van der Waals surface area contributed by atoms with E-state index >= 15 is 0 Å². The lowest BCUT2D eigenvalue weighted by atomic mass is 10.1. The molecule has 0 radical (unpaired) electrons. The third-order valence-corrected chi connectivity index (χ3v) is 5.48. The van der Waals surface area contributed by atoms with Crippen molar-refractivity contribution in [3.05, 3.63) is 65.2 Å². The normalized spacial score (nSPS) is 12.0. The number of carboxylic acid groups (broad SMARTS) is 1. The summed E-state index contributed by atoms with van der Waals surface area (Å²) >= 11 is 0. The van der Waals surface area contributed by atoms with Gasteiger partial charge in [-0.25, -0.2) is 4.79 Å². The van der Waals surface area contributed by atoms with Crippen LogP contribution in [0.5, 0.6) is 0 Å². The van der Waals surface area contributed by atoms with E-state index in [-0.39, 0.29) is 28.3 Å². The number of carboxylic acids is 1. The minimum absolute atomic E-state index is 0.0154. The Morgan fingerprint density at radius 2 is 1.58 bits per heavy atom. The van der Waals surface area contributed by atoms with Crippen molar-refractivity contribution in [1.29, 1.82) is 0 Å². The average molecular weight is 468 g/mol. The Balaban J connectivity index is 2.14. The summed E-state index contributed by atoms with van der Waals surface area (Å²) in [6, 6.07) is 12.1. The van der Waals surface area contributed by atoms with E-state index in [1.807, 2.05) is 26.0 Å². The molecule has 0 saturated heterocycles. The van der Waals surface area contributed by atoms with E-state index in [9.17, 15) is 17.8 Å². The van der Waals surface area contributed by atoms with Crippen LogP contribution in [-0.2, 0) is 10.1 Å². The molecule has 0 fully saturated rings. The molecule has 0 saturated carbocycles. The largest absolute Gasteiger partial charge is 0.478 e. The molecule has 0 bridgehead atoms. The Morgan fingerprint density at radius 3 is 2.24 bits per heavy atom. The van der Waals surface area contributed by atoms with Crippen molar-refractivity contribution in [2.45, 2.75) is 18.7 Å². The monoisotopic (exact) mass is 468 g/mol. The number of hydrogen-bond donors (Lipinski definition) is 4. The maximum absolute atomic E-state index is 11.9. The number of aryl methyl sites for hydroxylation is 2. The number of azo groups is 2. The first-order valence-corrected chi connectivity index (χ1v) is 10.8. The van der Waals surface area contributed by atoms with Gasteiger partial charge < -0.3 is 16.6 Å². The molecule has 0 aliphatic carbocycles. The smallest absolute Gasteiger partial charge is 0.335 e. The van der Waals surface area contributed by atoms with Crippen molar-refractivity contribution in [2.75, 3.05) is 11.5 Å².